The van der Waals surface area contributed by atoms with Gasteiger partial charge < -0.3 is 10.1 Å². The van der Waals surface area contributed by atoms with Crippen molar-refractivity contribution in [2.24, 2.45) is 0 Å². The van der Waals surface area contributed by atoms with Crippen molar-refractivity contribution in [2.75, 3.05) is 20.2 Å². The van der Waals surface area contributed by atoms with E-state index in [0.717, 1.165) is 19.3 Å². The second kappa shape index (κ2) is 8.53. The zero-order valence-corrected chi connectivity index (χ0v) is 8.06. The van der Waals surface area contributed by atoms with Crippen LogP contribution < -0.4 is 5.32 Å². The molecule has 0 aliphatic rings. The molecule has 0 saturated heterocycles. The number of carbonyl (C=O) groups is 1. The Bertz CT molecular complexity index is 115. The van der Waals surface area contributed by atoms with Crippen LogP contribution in [0.1, 0.15) is 32.6 Å². The average Bonchev–Trinajstić information content (AvgIpc) is 2.09. The van der Waals surface area contributed by atoms with Crippen LogP contribution in [0.25, 0.3) is 0 Å². The molecule has 0 spiro atoms. The van der Waals surface area contributed by atoms with Crippen LogP contribution in [0.2, 0.25) is 0 Å². The van der Waals surface area contributed by atoms with Gasteiger partial charge in [-0.3, -0.25) is 4.79 Å². The first-order chi connectivity index (χ1) is 5.81. The van der Waals surface area contributed by atoms with Crippen LogP contribution in [0.4, 0.5) is 0 Å². The lowest BCUT2D eigenvalue weighted by Gasteiger charge is -2.03. The maximum absolute atomic E-state index is 10.9. The maximum atomic E-state index is 10.9. The lowest BCUT2D eigenvalue weighted by Crippen LogP contribution is -2.15. The van der Waals surface area contributed by atoms with Crippen molar-refractivity contribution in [3.05, 3.63) is 0 Å². The van der Waals surface area contributed by atoms with Crippen molar-refractivity contribution in [2.45, 2.75) is 32.6 Å². The van der Waals surface area contributed by atoms with Crippen molar-refractivity contribution in [3.63, 3.8) is 0 Å². The molecule has 0 aliphatic carbocycles. The molecular weight excluding hydrogens is 154 g/mol. The van der Waals surface area contributed by atoms with Gasteiger partial charge in [-0.2, -0.15) is 0 Å². The van der Waals surface area contributed by atoms with Gasteiger partial charge in [-0.05, 0) is 13.5 Å². The number of hydrogen-bond acceptors (Lipinski definition) is 3. The summed E-state index contributed by atoms with van der Waals surface area (Å²) >= 11 is 0. The minimum Gasteiger partial charge on any atom is -0.466 e. The number of rotatable bonds is 7. The van der Waals surface area contributed by atoms with Gasteiger partial charge in [0.15, 0.2) is 0 Å². The zero-order valence-electron chi connectivity index (χ0n) is 8.06. The third kappa shape index (κ3) is 7.54. The normalized spacial score (nSPS) is 9.83. The van der Waals surface area contributed by atoms with Crippen LogP contribution >= 0.6 is 0 Å². The van der Waals surface area contributed by atoms with E-state index in [2.05, 4.69) is 12.2 Å². The minimum atomic E-state index is -0.0968. The Morgan fingerprint density at radius 3 is 2.75 bits per heavy atom. The van der Waals surface area contributed by atoms with Gasteiger partial charge in [0.2, 0.25) is 0 Å². The van der Waals surface area contributed by atoms with Crippen molar-refractivity contribution >= 4 is 5.97 Å². The lowest BCUT2D eigenvalue weighted by molar-refractivity contribution is -0.143. The molecule has 0 atom stereocenters. The van der Waals surface area contributed by atoms with E-state index in [9.17, 15) is 4.79 Å². The third-order valence-corrected chi connectivity index (χ3v) is 1.59. The van der Waals surface area contributed by atoms with Gasteiger partial charge in [-0.25, -0.2) is 0 Å². The molecule has 0 aromatic heterocycles. The topological polar surface area (TPSA) is 38.3 Å². The first kappa shape index (κ1) is 11.4. The summed E-state index contributed by atoms with van der Waals surface area (Å²) in [7, 11) is 1.82. The van der Waals surface area contributed by atoms with Crippen LogP contribution in [0.3, 0.4) is 0 Å². The van der Waals surface area contributed by atoms with Crippen LogP contribution in [0.15, 0.2) is 0 Å². The van der Waals surface area contributed by atoms with Gasteiger partial charge in [0.25, 0.3) is 0 Å². The quantitative estimate of drug-likeness (QED) is 0.466. The van der Waals surface area contributed by atoms with Gasteiger partial charge >= 0.3 is 5.97 Å². The monoisotopic (exact) mass is 173 g/mol. The zero-order chi connectivity index (χ0) is 9.23. The fraction of sp³-hybridized carbons (Fsp3) is 0.889. The van der Waals surface area contributed by atoms with Gasteiger partial charge in [0.05, 0.1) is 13.0 Å². The van der Waals surface area contributed by atoms with Gasteiger partial charge in [-0.1, -0.05) is 19.8 Å². The second-order valence-corrected chi connectivity index (χ2v) is 2.78. The van der Waals surface area contributed by atoms with E-state index in [1.165, 1.54) is 0 Å². The fourth-order valence-electron chi connectivity index (χ4n) is 0.837. The molecule has 0 saturated carbocycles. The highest BCUT2D eigenvalue weighted by molar-refractivity contribution is 5.69. The molecule has 0 amide bonds. The van der Waals surface area contributed by atoms with E-state index in [0.29, 0.717) is 19.6 Å². The van der Waals surface area contributed by atoms with Crippen LogP contribution in [0.5, 0.6) is 0 Å². The number of nitrogens with one attached hydrogen (secondary N) is 1. The second-order valence-electron chi connectivity index (χ2n) is 2.78. The first-order valence-electron chi connectivity index (χ1n) is 4.61. The average molecular weight is 173 g/mol. The summed E-state index contributed by atoms with van der Waals surface area (Å²) in [6.07, 6.45) is 3.76. The highest BCUT2D eigenvalue weighted by atomic mass is 16.5. The summed E-state index contributed by atoms with van der Waals surface area (Å²) in [6.45, 7) is 3.41. The van der Waals surface area contributed by atoms with Gasteiger partial charge in [0.1, 0.15) is 0 Å². The maximum Gasteiger partial charge on any atom is 0.307 e. The van der Waals surface area contributed by atoms with Crippen LogP contribution in [-0.4, -0.2) is 26.2 Å². The Morgan fingerprint density at radius 2 is 2.17 bits per heavy atom. The molecule has 0 bridgehead atoms. The minimum absolute atomic E-state index is 0.0968. The van der Waals surface area contributed by atoms with Crippen molar-refractivity contribution in [1.82, 2.24) is 5.32 Å². The predicted octanol–water partition coefficient (Wildman–Crippen LogP) is 1.33. The summed E-state index contributed by atoms with van der Waals surface area (Å²) in [5, 5.41) is 2.90. The van der Waals surface area contributed by atoms with Crippen molar-refractivity contribution in [1.29, 1.82) is 0 Å². The number of unbranched alkanes of at least 4 members (excludes halogenated alkanes) is 2. The molecule has 0 radical (unpaired) electrons. The van der Waals surface area contributed by atoms with E-state index < -0.39 is 0 Å². The highest BCUT2D eigenvalue weighted by Crippen LogP contribution is 1.95. The lowest BCUT2D eigenvalue weighted by atomic mass is 10.3. The van der Waals surface area contributed by atoms with E-state index in [1.54, 1.807) is 0 Å². The summed E-state index contributed by atoms with van der Waals surface area (Å²) in [5.41, 5.74) is 0. The first-order valence-corrected chi connectivity index (χ1v) is 4.61. The van der Waals surface area contributed by atoms with Crippen molar-refractivity contribution in [3.8, 4) is 0 Å². The molecule has 1 N–H and O–H groups in total. The molecule has 0 unspecified atom stereocenters. The summed E-state index contributed by atoms with van der Waals surface area (Å²) in [5.74, 6) is -0.0968. The van der Waals surface area contributed by atoms with E-state index in [1.807, 2.05) is 7.05 Å². The standard InChI is InChI=1S/C9H19NO2/c1-3-4-5-8-12-9(11)6-7-10-2/h10H,3-8H2,1-2H3. The Morgan fingerprint density at radius 1 is 1.42 bits per heavy atom. The number of hydrogen-bond donors (Lipinski definition) is 1. The molecule has 0 rings (SSSR count). The predicted molar refractivity (Wildman–Crippen MR) is 49.0 cm³/mol. The molecule has 0 fully saturated rings. The number of carbonyl (C=O) groups excluding carboxylic acids is 1. The largest absolute Gasteiger partial charge is 0.466 e. The van der Waals surface area contributed by atoms with Gasteiger partial charge in [0, 0.05) is 6.54 Å². The fourth-order valence-corrected chi connectivity index (χ4v) is 0.837. The molecule has 0 aliphatic heterocycles. The van der Waals surface area contributed by atoms with Crippen LogP contribution in [0, 0.1) is 0 Å². The Hall–Kier alpha value is -0.570. The molecule has 3 nitrogen and oxygen atoms in total. The molecular formula is C9H19NO2. The summed E-state index contributed by atoms with van der Waals surface area (Å²) in [4.78, 5) is 10.9. The Labute approximate surface area is 74.5 Å². The van der Waals surface area contributed by atoms with Crippen molar-refractivity contribution < 1.29 is 9.53 Å². The highest BCUT2D eigenvalue weighted by Gasteiger charge is 1.99. The van der Waals surface area contributed by atoms with E-state index in [4.69, 9.17) is 4.74 Å². The molecule has 0 aromatic carbocycles. The number of esters is 1. The van der Waals surface area contributed by atoms with E-state index in [-0.39, 0.29) is 5.97 Å². The third-order valence-electron chi connectivity index (χ3n) is 1.59. The smallest absolute Gasteiger partial charge is 0.307 e. The SMILES string of the molecule is CCCCCOC(=O)CCNC. The van der Waals surface area contributed by atoms with Gasteiger partial charge in [-0.15, -0.1) is 0 Å². The number of ether oxygens (including phenoxy) is 1. The molecule has 72 valence electrons. The summed E-state index contributed by atoms with van der Waals surface area (Å²) in [6, 6.07) is 0. The molecule has 0 aromatic rings. The Balaban J connectivity index is 3.08. The van der Waals surface area contributed by atoms with Crippen LogP contribution in [-0.2, 0) is 9.53 Å². The molecule has 0 heterocycles. The Kier molecular flexibility index (Phi) is 8.12. The summed E-state index contributed by atoms with van der Waals surface area (Å²) < 4.78 is 4.97. The molecule has 12 heavy (non-hydrogen) atoms. The van der Waals surface area contributed by atoms with E-state index >= 15 is 0 Å². The molecule has 3 heteroatoms.